The molecule has 1 aromatic carbocycles. The zero-order chi connectivity index (χ0) is 14.8. The predicted octanol–water partition coefficient (Wildman–Crippen LogP) is 4.51. The Balaban J connectivity index is 1.84. The van der Waals surface area contributed by atoms with Gasteiger partial charge in [0, 0.05) is 31.0 Å². The van der Waals surface area contributed by atoms with Gasteiger partial charge in [0.2, 0.25) is 0 Å². The lowest BCUT2D eigenvalue weighted by molar-refractivity contribution is 0.442. The first kappa shape index (κ1) is 14.4. The first-order valence-electron chi connectivity index (χ1n) is 7.68. The minimum absolute atomic E-state index is 0.677. The smallest absolute Gasteiger partial charge is 0.0963 e. The van der Waals surface area contributed by atoms with Gasteiger partial charge in [0.05, 0.1) is 22.1 Å². The third-order valence-corrected chi connectivity index (χ3v) is 5.29. The largest absolute Gasteiger partial charge is 0.397 e. The van der Waals surface area contributed by atoms with Gasteiger partial charge in [-0.05, 0) is 25.0 Å². The van der Waals surface area contributed by atoms with E-state index in [1.54, 1.807) is 11.3 Å². The number of hydrogen-bond acceptors (Lipinski definition) is 4. The zero-order valence-electron chi connectivity index (χ0n) is 12.8. The molecule has 0 aliphatic heterocycles. The Bertz CT molecular complexity index is 612. The average Bonchev–Trinajstić information content (AvgIpc) is 2.97. The van der Waals surface area contributed by atoms with E-state index in [0.29, 0.717) is 5.92 Å². The van der Waals surface area contributed by atoms with Crippen molar-refractivity contribution in [3.05, 3.63) is 28.6 Å². The van der Waals surface area contributed by atoms with E-state index >= 15 is 0 Å². The fraction of sp³-hybridized carbons (Fsp3) is 0.471. The van der Waals surface area contributed by atoms with Crippen molar-refractivity contribution >= 4 is 22.7 Å². The first-order chi connectivity index (χ1) is 10.1. The minimum Gasteiger partial charge on any atom is -0.397 e. The van der Waals surface area contributed by atoms with Crippen LogP contribution in [-0.2, 0) is 0 Å². The molecule has 1 heterocycles. The van der Waals surface area contributed by atoms with Gasteiger partial charge in [0.1, 0.15) is 0 Å². The Morgan fingerprint density at radius 1 is 1.19 bits per heavy atom. The molecule has 0 bridgehead atoms. The minimum atomic E-state index is 0.677. The van der Waals surface area contributed by atoms with Crippen LogP contribution in [0.25, 0.3) is 11.3 Å². The van der Waals surface area contributed by atoms with Gasteiger partial charge >= 0.3 is 0 Å². The highest BCUT2D eigenvalue weighted by Crippen LogP contribution is 2.36. The summed E-state index contributed by atoms with van der Waals surface area (Å²) in [5.41, 5.74) is 10.2. The fourth-order valence-corrected chi connectivity index (χ4v) is 4.08. The molecule has 2 N–H and O–H groups in total. The van der Waals surface area contributed by atoms with E-state index in [2.05, 4.69) is 17.5 Å². The lowest BCUT2D eigenvalue weighted by Gasteiger charge is -2.19. The fourth-order valence-electron chi connectivity index (χ4n) is 3.08. The van der Waals surface area contributed by atoms with Gasteiger partial charge < -0.3 is 10.6 Å². The number of aromatic nitrogens is 1. The number of anilines is 2. The molecule has 0 atom stereocenters. The van der Waals surface area contributed by atoms with Gasteiger partial charge in [-0.1, -0.05) is 25.3 Å². The van der Waals surface area contributed by atoms with E-state index in [0.717, 1.165) is 22.6 Å². The summed E-state index contributed by atoms with van der Waals surface area (Å²) in [5.74, 6) is 0.677. The molecular formula is C17H23N3S. The third-order valence-electron chi connectivity index (χ3n) is 4.28. The number of nitrogen functional groups attached to an aromatic ring is 1. The number of nitrogens with zero attached hydrogens (tertiary/aromatic N) is 2. The van der Waals surface area contributed by atoms with E-state index < -0.39 is 0 Å². The summed E-state index contributed by atoms with van der Waals surface area (Å²) in [6, 6.07) is 6.23. The summed E-state index contributed by atoms with van der Waals surface area (Å²) in [4.78, 5) is 6.90. The van der Waals surface area contributed by atoms with Crippen molar-refractivity contribution in [1.29, 1.82) is 0 Å². The Kier molecular flexibility index (Phi) is 4.15. The van der Waals surface area contributed by atoms with E-state index in [-0.39, 0.29) is 0 Å². The summed E-state index contributed by atoms with van der Waals surface area (Å²) >= 11 is 1.80. The second-order valence-corrected chi connectivity index (χ2v) is 6.96. The van der Waals surface area contributed by atoms with Gasteiger partial charge in [-0.25, -0.2) is 4.98 Å². The summed E-state index contributed by atoms with van der Waals surface area (Å²) in [6.07, 6.45) is 6.69. The second kappa shape index (κ2) is 6.06. The summed E-state index contributed by atoms with van der Waals surface area (Å²) < 4.78 is 0. The van der Waals surface area contributed by atoms with Crippen LogP contribution in [0.1, 0.15) is 43.0 Å². The lowest BCUT2D eigenvalue weighted by Crippen LogP contribution is -2.10. The quantitative estimate of drug-likeness (QED) is 0.848. The number of rotatable bonds is 3. The van der Waals surface area contributed by atoms with Crippen molar-refractivity contribution in [1.82, 2.24) is 4.98 Å². The molecule has 0 amide bonds. The highest BCUT2D eigenvalue weighted by Gasteiger charge is 2.19. The summed E-state index contributed by atoms with van der Waals surface area (Å²) in [6.45, 7) is 0. The molecule has 1 aliphatic rings. The van der Waals surface area contributed by atoms with Gasteiger partial charge in [0.15, 0.2) is 0 Å². The maximum atomic E-state index is 6.14. The normalized spacial score (nSPS) is 16.1. The van der Waals surface area contributed by atoms with Gasteiger partial charge in [0.25, 0.3) is 0 Å². The standard InChI is InChI=1S/C17H23N3S/c1-20(2)16-9-8-13(10-14(16)18)15-11-21-17(19-15)12-6-4-3-5-7-12/h8-12H,3-7,18H2,1-2H3. The highest BCUT2D eigenvalue weighted by atomic mass is 32.1. The molecule has 1 aliphatic carbocycles. The van der Waals surface area contributed by atoms with Crippen LogP contribution in [0.3, 0.4) is 0 Å². The van der Waals surface area contributed by atoms with Crippen molar-refractivity contribution in [3.63, 3.8) is 0 Å². The number of hydrogen-bond donors (Lipinski definition) is 1. The van der Waals surface area contributed by atoms with E-state index in [1.807, 2.05) is 25.1 Å². The van der Waals surface area contributed by atoms with Gasteiger partial charge in [-0.3, -0.25) is 0 Å². The van der Waals surface area contributed by atoms with Crippen LogP contribution in [-0.4, -0.2) is 19.1 Å². The topological polar surface area (TPSA) is 42.2 Å². The molecule has 0 unspecified atom stereocenters. The molecule has 3 nitrogen and oxygen atoms in total. The molecular weight excluding hydrogens is 278 g/mol. The van der Waals surface area contributed by atoms with Crippen LogP contribution < -0.4 is 10.6 Å². The first-order valence-corrected chi connectivity index (χ1v) is 8.56. The van der Waals surface area contributed by atoms with Crippen LogP contribution in [0.5, 0.6) is 0 Å². The lowest BCUT2D eigenvalue weighted by atomic mass is 9.90. The molecule has 4 heteroatoms. The maximum Gasteiger partial charge on any atom is 0.0963 e. The molecule has 0 spiro atoms. The average molecular weight is 301 g/mol. The zero-order valence-corrected chi connectivity index (χ0v) is 13.6. The van der Waals surface area contributed by atoms with Crippen molar-refractivity contribution in [3.8, 4) is 11.3 Å². The monoisotopic (exact) mass is 301 g/mol. The predicted molar refractivity (Wildman–Crippen MR) is 92.1 cm³/mol. The molecule has 0 radical (unpaired) electrons. The molecule has 2 aromatic rings. The van der Waals surface area contributed by atoms with E-state index in [1.165, 1.54) is 37.1 Å². The second-order valence-electron chi connectivity index (χ2n) is 6.07. The molecule has 0 saturated heterocycles. The van der Waals surface area contributed by atoms with E-state index in [9.17, 15) is 0 Å². The molecule has 1 saturated carbocycles. The van der Waals surface area contributed by atoms with E-state index in [4.69, 9.17) is 10.7 Å². The highest BCUT2D eigenvalue weighted by molar-refractivity contribution is 7.10. The number of thiazole rings is 1. The third kappa shape index (κ3) is 3.05. The van der Waals surface area contributed by atoms with Crippen molar-refractivity contribution in [2.24, 2.45) is 0 Å². The van der Waals surface area contributed by atoms with Gasteiger partial charge in [-0.2, -0.15) is 0 Å². The molecule has 1 aromatic heterocycles. The molecule has 3 rings (SSSR count). The Morgan fingerprint density at radius 2 is 1.95 bits per heavy atom. The van der Waals surface area contributed by atoms with Crippen molar-refractivity contribution in [2.75, 3.05) is 24.7 Å². The SMILES string of the molecule is CN(C)c1ccc(-c2csc(C3CCCCC3)n2)cc1N. The molecule has 112 valence electrons. The van der Waals surface area contributed by atoms with Crippen molar-refractivity contribution in [2.45, 2.75) is 38.0 Å². The molecule has 21 heavy (non-hydrogen) atoms. The van der Waals surface area contributed by atoms with Crippen LogP contribution >= 0.6 is 11.3 Å². The van der Waals surface area contributed by atoms with Gasteiger partial charge in [-0.15, -0.1) is 11.3 Å². The van der Waals surface area contributed by atoms with Crippen molar-refractivity contribution < 1.29 is 0 Å². The Hall–Kier alpha value is -1.55. The van der Waals surface area contributed by atoms with Crippen LogP contribution in [0, 0.1) is 0 Å². The van der Waals surface area contributed by atoms with Crippen LogP contribution in [0.4, 0.5) is 11.4 Å². The summed E-state index contributed by atoms with van der Waals surface area (Å²) in [5, 5.41) is 3.48. The Labute approximate surface area is 130 Å². The summed E-state index contributed by atoms with van der Waals surface area (Å²) in [7, 11) is 4.02. The number of nitrogens with two attached hydrogens (primary N) is 1. The van der Waals surface area contributed by atoms with Crippen LogP contribution in [0.15, 0.2) is 23.6 Å². The Morgan fingerprint density at radius 3 is 2.62 bits per heavy atom. The number of benzene rings is 1. The molecule has 1 fully saturated rings. The van der Waals surface area contributed by atoms with Crippen LogP contribution in [0.2, 0.25) is 0 Å². The maximum absolute atomic E-state index is 6.14.